The summed E-state index contributed by atoms with van der Waals surface area (Å²) >= 11 is 3.23. The predicted octanol–water partition coefficient (Wildman–Crippen LogP) is 5.05. The molecule has 2 atom stereocenters. The van der Waals surface area contributed by atoms with Crippen LogP contribution >= 0.6 is 15.9 Å². The second-order valence-electron chi connectivity index (χ2n) is 9.08. The summed E-state index contributed by atoms with van der Waals surface area (Å²) in [5, 5.41) is 0.467. The van der Waals surface area contributed by atoms with Gasteiger partial charge in [0.05, 0.1) is 5.33 Å². The second kappa shape index (κ2) is 8.42. The zero-order valence-electron chi connectivity index (χ0n) is 17.6. The lowest BCUT2D eigenvalue weighted by atomic mass is 9.66. The van der Waals surface area contributed by atoms with Crippen molar-refractivity contribution in [1.29, 1.82) is 0 Å². The maximum Gasteiger partial charge on any atom is 0.303 e. The lowest BCUT2D eigenvalue weighted by Gasteiger charge is -2.36. The number of hydrogen-bond acceptors (Lipinski definition) is 4. The largest absolute Gasteiger partial charge is 0.458 e. The van der Waals surface area contributed by atoms with Crippen molar-refractivity contribution in [3.63, 3.8) is 0 Å². The minimum absolute atomic E-state index is 0.00676. The molecule has 0 fully saturated rings. The topological polar surface area (TPSA) is 60.4 Å². The lowest BCUT2D eigenvalue weighted by Crippen LogP contribution is -2.40. The number of carbonyl (C=O) groups excluding carboxylic acids is 3. The van der Waals surface area contributed by atoms with Crippen LogP contribution in [-0.4, -0.2) is 29.5 Å². The minimum Gasteiger partial charge on any atom is -0.458 e. The van der Waals surface area contributed by atoms with Crippen LogP contribution in [0.5, 0.6) is 0 Å². The third-order valence-electron chi connectivity index (χ3n) is 6.72. The summed E-state index contributed by atoms with van der Waals surface area (Å²) in [4.78, 5) is 34.3. The molecule has 0 aliphatic heterocycles. The van der Waals surface area contributed by atoms with Gasteiger partial charge in [0, 0.05) is 17.8 Å². The number of ether oxygens (including phenoxy) is 1. The molecule has 2 aliphatic carbocycles. The third kappa shape index (κ3) is 4.79. The molecular weight excluding hydrogens is 408 g/mol. The number of Topliss-reactive ketones (excluding diaryl/α,β-unsaturated/α-hetero) is 2. The van der Waals surface area contributed by atoms with Crippen LogP contribution in [0, 0.1) is 21.7 Å². The van der Waals surface area contributed by atoms with Crippen LogP contribution < -0.4 is 0 Å². The molecule has 27 heavy (non-hydrogen) atoms. The summed E-state index contributed by atoms with van der Waals surface area (Å²) in [6, 6.07) is 0. The van der Waals surface area contributed by atoms with Crippen LogP contribution in [0.3, 0.4) is 0 Å². The Hall–Kier alpha value is -1.23. The molecule has 2 rings (SSSR count). The zero-order valence-corrected chi connectivity index (χ0v) is 19.2. The van der Waals surface area contributed by atoms with E-state index < -0.39 is 11.4 Å². The van der Waals surface area contributed by atoms with E-state index in [9.17, 15) is 14.4 Å². The fraction of sp³-hybridized carbons (Fsp3) is 0.682. The van der Waals surface area contributed by atoms with Crippen molar-refractivity contribution in [3.8, 4) is 0 Å². The predicted molar refractivity (Wildman–Crippen MR) is 112 cm³/mol. The van der Waals surface area contributed by atoms with Crippen molar-refractivity contribution in [1.82, 2.24) is 0 Å². The van der Waals surface area contributed by atoms with Crippen molar-refractivity contribution in [2.75, 3.05) is 11.9 Å². The van der Waals surface area contributed by atoms with Gasteiger partial charge >= 0.3 is 5.97 Å². The number of carbonyl (C=O) groups is 3. The van der Waals surface area contributed by atoms with E-state index in [1.807, 2.05) is 26.8 Å². The van der Waals surface area contributed by atoms with Gasteiger partial charge in [0.15, 0.2) is 12.4 Å². The Balaban J connectivity index is 0.000000277. The van der Waals surface area contributed by atoms with E-state index in [1.165, 1.54) is 6.92 Å². The monoisotopic (exact) mass is 440 g/mol. The number of halogens is 1. The molecule has 5 heteroatoms. The highest BCUT2D eigenvalue weighted by molar-refractivity contribution is 9.09. The summed E-state index contributed by atoms with van der Waals surface area (Å²) in [5.74, 6) is -0.110. The molecule has 0 aromatic heterocycles. The number of ketones is 2. The first-order valence-electron chi connectivity index (χ1n) is 9.35. The van der Waals surface area contributed by atoms with Crippen LogP contribution in [0.25, 0.3) is 0 Å². The van der Waals surface area contributed by atoms with Crippen LogP contribution in [0.4, 0.5) is 0 Å². The first-order chi connectivity index (χ1) is 12.2. The van der Waals surface area contributed by atoms with E-state index in [4.69, 9.17) is 4.74 Å². The first-order valence-corrected chi connectivity index (χ1v) is 10.5. The quantitative estimate of drug-likeness (QED) is 0.340. The SMILES string of the molecule is CC(=O)OCC(=O)[C@@]1(C)CC=CC1(C)C.CC1(C)C=CC[C@]1(C)C(=O)CBr. The molecule has 4 nitrogen and oxygen atoms in total. The summed E-state index contributed by atoms with van der Waals surface area (Å²) in [7, 11) is 0. The Morgan fingerprint density at radius 1 is 0.852 bits per heavy atom. The van der Waals surface area contributed by atoms with E-state index >= 15 is 0 Å². The molecule has 0 saturated heterocycles. The normalized spacial score (nSPS) is 29.8. The van der Waals surface area contributed by atoms with E-state index in [0.29, 0.717) is 11.1 Å². The highest BCUT2D eigenvalue weighted by Crippen LogP contribution is 2.49. The molecule has 0 saturated carbocycles. The molecule has 2 aliphatic rings. The second-order valence-corrected chi connectivity index (χ2v) is 9.64. The summed E-state index contributed by atoms with van der Waals surface area (Å²) in [6.07, 6.45) is 9.93. The van der Waals surface area contributed by atoms with Gasteiger partial charge in [0.2, 0.25) is 0 Å². The van der Waals surface area contributed by atoms with Crippen molar-refractivity contribution in [3.05, 3.63) is 24.3 Å². The average molecular weight is 441 g/mol. The van der Waals surface area contributed by atoms with E-state index in [-0.39, 0.29) is 28.6 Å². The van der Waals surface area contributed by atoms with Crippen LogP contribution in [-0.2, 0) is 19.1 Å². The van der Waals surface area contributed by atoms with Gasteiger partial charge < -0.3 is 4.74 Å². The average Bonchev–Trinajstić information content (AvgIpc) is 3.01. The van der Waals surface area contributed by atoms with Crippen molar-refractivity contribution < 1.29 is 19.1 Å². The zero-order chi connectivity index (χ0) is 21.1. The van der Waals surface area contributed by atoms with Gasteiger partial charge in [-0.1, -0.05) is 81.8 Å². The lowest BCUT2D eigenvalue weighted by molar-refractivity contribution is -0.150. The minimum atomic E-state index is -0.442. The van der Waals surface area contributed by atoms with Gasteiger partial charge in [-0.3, -0.25) is 14.4 Å². The molecule has 0 radical (unpaired) electrons. The van der Waals surface area contributed by atoms with Crippen LogP contribution in [0.15, 0.2) is 24.3 Å². The Kier molecular flexibility index (Phi) is 7.42. The van der Waals surface area contributed by atoms with Gasteiger partial charge in [-0.05, 0) is 23.7 Å². The standard InChI is InChI=1S/C12H18O3.C10H15BrO/c1-9(13)15-8-10(14)12(4)7-5-6-11(12,2)3;1-9(2)5-4-6-10(9,3)8(12)7-11/h5-6H,7-8H2,1-4H3;4-5H,6-7H2,1-3H3/t12-;10-/m11/s1. The Morgan fingerprint density at radius 2 is 1.26 bits per heavy atom. The molecule has 0 amide bonds. The first kappa shape index (κ1) is 23.8. The third-order valence-corrected chi connectivity index (χ3v) is 7.23. The molecule has 0 aromatic carbocycles. The van der Waals surface area contributed by atoms with E-state index in [1.54, 1.807) is 0 Å². The smallest absolute Gasteiger partial charge is 0.303 e. The van der Waals surface area contributed by atoms with Gasteiger partial charge in [-0.25, -0.2) is 0 Å². The Labute approximate surface area is 171 Å². The van der Waals surface area contributed by atoms with E-state index in [2.05, 4.69) is 54.9 Å². The van der Waals surface area contributed by atoms with Crippen molar-refractivity contribution in [2.24, 2.45) is 21.7 Å². The molecule has 0 bridgehead atoms. The molecule has 0 aromatic rings. The van der Waals surface area contributed by atoms with Gasteiger partial charge in [0.1, 0.15) is 5.78 Å². The fourth-order valence-corrected chi connectivity index (χ4v) is 4.11. The fourth-order valence-electron chi connectivity index (χ4n) is 3.49. The Bertz CT molecular complexity index is 659. The number of esters is 1. The van der Waals surface area contributed by atoms with Crippen LogP contribution in [0.1, 0.15) is 61.3 Å². The van der Waals surface area contributed by atoms with Crippen molar-refractivity contribution >= 4 is 33.5 Å². The summed E-state index contributed by atoms with van der Waals surface area (Å²) in [5.41, 5.74) is -0.791. The summed E-state index contributed by atoms with van der Waals surface area (Å²) in [6.45, 7) is 13.5. The highest BCUT2D eigenvalue weighted by atomic mass is 79.9. The maximum atomic E-state index is 12.0. The van der Waals surface area contributed by atoms with Crippen molar-refractivity contribution in [2.45, 2.75) is 61.3 Å². The number of allylic oxidation sites excluding steroid dienone is 4. The van der Waals surface area contributed by atoms with E-state index in [0.717, 1.165) is 12.8 Å². The molecular formula is C22H33BrO4. The molecule has 0 heterocycles. The van der Waals surface area contributed by atoms with Gasteiger partial charge in [-0.15, -0.1) is 0 Å². The number of rotatable bonds is 5. The molecule has 0 N–H and O–H groups in total. The maximum absolute atomic E-state index is 12.0. The Morgan fingerprint density at radius 3 is 1.56 bits per heavy atom. The summed E-state index contributed by atoms with van der Waals surface area (Å²) < 4.78 is 4.76. The van der Waals surface area contributed by atoms with Gasteiger partial charge in [-0.2, -0.15) is 0 Å². The highest BCUT2D eigenvalue weighted by Gasteiger charge is 2.48. The van der Waals surface area contributed by atoms with Gasteiger partial charge in [0.25, 0.3) is 0 Å². The number of alkyl halides is 1. The van der Waals surface area contributed by atoms with Crippen LogP contribution in [0.2, 0.25) is 0 Å². The number of hydrogen-bond donors (Lipinski definition) is 0. The molecule has 152 valence electrons. The molecule has 0 unspecified atom stereocenters. The molecule has 0 spiro atoms.